The highest BCUT2D eigenvalue weighted by Crippen LogP contribution is 2.31. The molecule has 7 nitrogen and oxygen atoms in total. The first-order chi connectivity index (χ1) is 14.2. The number of methoxy groups -OCH3 is 1. The number of benzene rings is 1. The Morgan fingerprint density at radius 3 is 2.86 bits per heavy atom. The fourth-order valence-corrected chi connectivity index (χ4v) is 3.93. The van der Waals surface area contributed by atoms with Crippen molar-refractivity contribution in [3.63, 3.8) is 0 Å². The highest BCUT2D eigenvalue weighted by molar-refractivity contribution is 5.92. The lowest BCUT2D eigenvalue weighted by Crippen LogP contribution is -2.41. The number of pyridine rings is 1. The summed E-state index contributed by atoms with van der Waals surface area (Å²) in [6.45, 7) is 3.30. The predicted molar refractivity (Wildman–Crippen MR) is 113 cm³/mol. The molecule has 0 saturated carbocycles. The third-order valence-corrected chi connectivity index (χ3v) is 5.58. The number of imidazole rings is 1. The molecule has 1 aliphatic rings. The number of rotatable bonds is 7. The van der Waals surface area contributed by atoms with E-state index in [2.05, 4.69) is 26.3 Å². The van der Waals surface area contributed by atoms with Crippen molar-refractivity contribution in [1.29, 1.82) is 0 Å². The Morgan fingerprint density at radius 2 is 2.10 bits per heavy atom. The van der Waals surface area contributed by atoms with Crippen LogP contribution in [0.15, 0.2) is 49.2 Å². The molecule has 1 N–H and O–H groups in total. The Hall–Kier alpha value is -3.09. The molecule has 3 heterocycles. The summed E-state index contributed by atoms with van der Waals surface area (Å²) in [5.41, 5.74) is 2.12. The Balaban J connectivity index is 1.31. The number of nitrogens with one attached hydrogen (secondary N) is 1. The van der Waals surface area contributed by atoms with E-state index in [1.165, 1.54) is 0 Å². The SMILES string of the molecule is COc1ccc2nccc(N3CCC(C(=O)NCCCn4ccnc4)CC3)c2c1. The van der Waals surface area contributed by atoms with Crippen LogP contribution in [0.4, 0.5) is 5.69 Å². The lowest BCUT2D eigenvalue weighted by Gasteiger charge is -2.33. The van der Waals surface area contributed by atoms with Gasteiger partial charge >= 0.3 is 0 Å². The van der Waals surface area contributed by atoms with Crippen molar-refractivity contribution < 1.29 is 9.53 Å². The number of amides is 1. The topological polar surface area (TPSA) is 72.3 Å². The smallest absolute Gasteiger partial charge is 0.223 e. The van der Waals surface area contributed by atoms with Crippen LogP contribution in [-0.2, 0) is 11.3 Å². The van der Waals surface area contributed by atoms with Gasteiger partial charge in [0, 0.05) is 61.8 Å². The molecule has 1 aliphatic heterocycles. The van der Waals surface area contributed by atoms with Gasteiger partial charge in [0.2, 0.25) is 5.91 Å². The highest BCUT2D eigenvalue weighted by atomic mass is 16.5. The van der Waals surface area contributed by atoms with Gasteiger partial charge in [0.05, 0.1) is 19.0 Å². The van der Waals surface area contributed by atoms with E-state index in [-0.39, 0.29) is 11.8 Å². The van der Waals surface area contributed by atoms with E-state index in [9.17, 15) is 4.79 Å². The van der Waals surface area contributed by atoms with Crippen LogP contribution < -0.4 is 15.0 Å². The summed E-state index contributed by atoms with van der Waals surface area (Å²) in [5.74, 6) is 1.09. The van der Waals surface area contributed by atoms with Gasteiger partial charge in [0.25, 0.3) is 0 Å². The molecule has 3 aromatic rings. The molecule has 1 amide bonds. The van der Waals surface area contributed by atoms with Crippen LogP contribution >= 0.6 is 0 Å². The van der Waals surface area contributed by atoms with Crippen LogP contribution in [-0.4, -0.2) is 47.2 Å². The number of ether oxygens (including phenoxy) is 1. The average Bonchev–Trinajstić information content (AvgIpc) is 3.29. The Morgan fingerprint density at radius 1 is 1.24 bits per heavy atom. The molecule has 2 aromatic heterocycles. The zero-order valence-electron chi connectivity index (χ0n) is 16.8. The molecular formula is C22H27N5O2. The minimum atomic E-state index is 0.0853. The highest BCUT2D eigenvalue weighted by Gasteiger charge is 2.25. The van der Waals surface area contributed by atoms with Gasteiger partial charge in [-0.1, -0.05) is 0 Å². The maximum atomic E-state index is 12.5. The zero-order chi connectivity index (χ0) is 20.1. The first-order valence-electron chi connectivity index (χ1n) is 10.2. The second-order valence-electron chi connectivity index (χ2n) is 7.42. The molecular weight excluding hydrogens is 366 g/mol. The fourth-order valence-electron chi connectivity index (χ4n) is 3.93. The zero-order valence-corrected chi connectivity index (χ0v) is 16.8. The van der Waals surface area contributed by atoms with Crippen molar-refractivity contribution in [1.82, 2.24) is 19.9 Å². The van der Waals surface area contributed by atoms with E-state index in [1.807, 2.05) is 35.2 Å². The van der Waals surface area contributed by atoms with E-state index in [1.54, 1.807) is 19.6 Å². The standard InChI is InChI=1S/C22H27N5O2/c1-29-18-3-4-20-19(15-18)21(5-9-24-20)27-12-6-17(7-13-27)22(28)25-8-2-11-26-14-10-23-16-26/h3-5,9-10,14-17H,2,6-8,11-13H2,1H3,(H,25,28). The van der Waals surface area contributed by atoms with E-state index in [0.717, 1.165) is 61.2 Å². The van der Waals surface area contributed by atoms with E-state index < -0.39 is 0 Å². The number of aryl methyl sites for hydroxylation is 1. The Kier molecular flexibility index (Phi) is 5.93. The van der Waals surface area contributed by atoms with E-state index in [4.69, 9.17) is 4.74 Å². The number of carbonyl (C=O) groups excluding carboxylic acids is 1. The van der Waals surface area contributed by atoms with Crippen LogP contribution in [0.3, 0.4) is 0 Å². The van der Waals surface area contributed by atoms with Crippen molar-refractivity contribution in [2.75, 3.05) is 31.6 Å². The molecule has 7 heteroatoms. The summed E-state index contributed by atoms with van der Waals surface area (Å²) in [6, 6.07) is 8.01. The van der Waals surface area contributed by atoms with Crippen LogP contribution in [0.25, 0.3) is 10.9 Å². The summed E-state index contributed by atoms with van der Waals surface area (Å²) >= 11 is 0. The first-order valence-corrected chi connectivity index (χ1v) is 10.2. The number of nitrogens with zero attached hydrogens (tertiary/aromatic N) is 4. The minimum absolute atomic E-state index is 0.0853. The number of aromatic nitrogens is 3. The fraction of sp³-hybridized carbons (Fsp3) is 0.409. The molecule has 152 valence electrons. The maximum Gasteiger partial charge on any atom is 0.223 e. The summed E-state index contributed by atoms with van der Waals surface area (Å²) in [6.07, 6.45) is 10.00. The molecule has 0 spiro atoms. The number of hydrogen-bond donors (Lipinski definition) is 1. The molecule has 1 saturated heterocycles. The van der Waals surface area contributed by atoms with Crippen molar-refractivity contribution in [2.24, 2.45) is 5.92 Å². The van der Waals surface area contributed by atoms with Crippen molar-refractivity contribution in [3.8, 4) is 5.75 Å². The van der Waals surface area contributed by atoms with Gasteiger partial charge in [-0.3, -0.25) is 9.78 Å². The molecule has 0 aliphatic carbocycles. The monoisotopic (exact) mass is 393 g/mol. The second kappa shape index (κ2) is 8.94. The molecule has 4 rings (SSSR count). The summed E-state index contributed by atoms with van der Waals surface area (Å²) in [7, 11) is 1.68. The van der Waals surface area contributed by atoms with Gasteiger partial charge in [0.1, 0.15) is 5.75 Å². The van der Waals surface area contributed by atoms with Crippen molar-refractivity contribution in [2.45, 2.75) is 25.8 Å². The lowest BCUT2D eigenvalue weighted by atomic mass is 9.95. The van der Waals surface area contributed by atoms with Crippen LogP contribution in [0.2, 0.25) is 0 Å². The Bertz CT molecular complexity index is 949. The quantitative estimate of drug-likeness (QED) is 0.625. The van der Waals surface area contributed by atoms with Crippen LogP contribution in [0, 0.1) is 5.92 Å². The van der Waals surface area contributed by atoms with Crippen molar-refractivity contribution >= 4 is 22.5 Å². The van der Waals surface area contributed by atoms with Crippen molar-refractivity contribution in [3.05, 3.63) is 49.2 Å². The average molecular weight is 393 g/mol. The first kappa shape index (κ1) is 19.2. The molecule has 29 heavy (non-hydrogen) atoms. The van der Waals surface area contributed by atoms with Crippen LogP contribution in [0.1, 0.15) is 19.3 Å². The summed E-state index contributed by atoms with van der Waals surface area (Å²) < 4.78 is 7.41. The van der Waals surface area contributed by atoms with Gasteiger partial charge in [-0.05, 0) is 43.5 Å². The molecule has 0 radical (unpaired) electrons. The Labute approximate surface area is 170 Å². The number of carbonyl (C=O) groups is 1. The number of hydrogen-bond acceptors (Lipinski definition) is 5. The number of piperidine rings is 1. The molecule has 0 atom stereocenters. The van der Waals surface area contributed by atoms with Crippen LogP contribution in [0.5, 0.6) is 5.75 Å². The third-order valence-electron chi connectivity index (χ3n) is 5.58. The van der Waals surface area contributed by atoms with Gasteiger partial charge in [-0.2, -0.15) is 0 Å². The minimum Gasteiger partial charge on any atom is -0.497 e. The van der Waals surface area contributed by atoms with E-state index >= 15 is 0 Å². The predicted octanol–water partition coefficient (Wildman–Crippen LogP) is 2.86. The van der Waals surface area contributed by atoms with E-state index in [0.29, 0.717) is 6.54 Å². The van der Waals surface area contributed by atoms with Gasteiger partial charge in [-0.25, -0.2) is 4.98 Å². The number of fused-ring (bicyclic) bond motifs is 1. The normalized spacial score (nSPS) is 14.9. The third kappa shape index (κ3) is 4.50. The van der Waals surface area contributed by atoms with Gasteiger partial charge in [-0.15, -0.1) is 0 Å². The molecule has 0 bridgehead atoms. The summed E-state index contributed by atoms with van der Waals surface area (Å²) in [5, 5.41) is 4.19. The molecule has 1 fully saturated rings. The molecule has 0 unspecified atom stereocenters. The lowest BCUT2D eigenvalue weighted by molar-refractivity contribution is -0.125. The summed E-state index contributed by atoms with van der Waals surface area (Å²) in [4.78, 5) is 23.4. The largest absolute Gasteiger partial charge is 0.497 e. The van der Waals surface area contributed by atoms with Gasteiger partial charge < -0.3 is 19.5 Å². The maximum absolute atomic E-state index is 12.5. The molecule has 1 aromatic carbocycles. The second-order valence-corrected chi connectivity index (χ2v) is 7.42. The number of anilines is 1. The van der Waals surface area contributed by atoms with Gasteiger partial charge in [0.15, 0.2) is 0 Å².